The number of hydrogen-bond acceptors (Lipinski definition) is 5. The molecule has 5 nitrogen and oxygen atoms in total. The van der Waals surface area contributed by atoms with E-state index in [0.717, 1.165) is 46.9 Å². The lowest BCUT2D eigenvalue weighted by molar-refractivity contribution is 0.0579. The molecule has 4 aromatic rings. The minimum Gasteiger partial charge on any atom is -0.494 e. The maximum Gasteiger partial charge on any atom is 0.343 e. The smallest absolute Gasteiger partial charge is 0.343 e. The first-order valence-corrected chi connectivity index (χ1v) is 15.7. The van der Waals surface area contributed by atoms with Crippen molar-refractivity contribution in [3.63, 3.8) is 0 Å². The van der Waals surface area contributed by atoms with Gasteiger partial charge in [-0.2, -0.15) is 0 Å². The van der Waals surface area contributed by atoms with Gasteiger partial charge in [-0.25, -0.2) is 4.79 Å². The number of hydrogen-bond donors (Lipinski definition) is 0. The van der Waals surface area contributed by atoms with E-state index < -0.39 is 11.7 Å². The minimum absolute atomic E-state index is 0.271. The van der Waals surface area contributed by atoms with Crippen LogP contribution in [-0.4, -0.2) is 25.3 Å². The molecule has 1 spiro atoms. The van der Waals surface area contributed by atoms with Crippen LogP contribution in [0.1, 0.15) is 74.4 Å². The number of fused-ring (bicyclic) bond motifs is 2. The predicted molar refractivity (Wildman–Crippen MR) is 178 cm³/mol. The zero-order chi connectivity index (χ0) is 30.7. The third-order valence-electron chi connectivity index (χ3n) is 9.10. The first-order chi connectivity index (χ1) is 21.3. The summed E-state index contributed by atoms with van der Waals surface area (Å²) in [6.45, 7) is 7.40. The molecule has 226 valence electrons. The Bertz CT molecular complexity index is 1650. The van der Waals surface area contributed by atoms with Gasteiger partial charge in [0.05, 0.1) is 17.6 Å². The molecule has 44 heavy (non-hydrogen) atoms. The van der Waals surface area contributed by atoms with Gasteiger partial charge in [0.15, 0.2) is 0 Å². The molecule has 2 aliphatic rings. The Morgan fingerprint density at radius 3 is 2.23 bits per heavy atom. The van der Waals surface area contributed by atoms with Crippen LogP contribution in [0.15, 0.2) is 97.1 Å². The lowest BCUT2D eigenvalue weighted by Crippen LogP contribution is -2.58. The topological polar surface area (TPSA) is 48.0 Å². The number of unbranched alkanes of at least 4 members (excludes halogenated alkanes) is 4. The molecule has 0 saturated heterocycles. The van der Waals surface area contributed by atoms with Crippen LogP contribution in [0.2, 0.25) is 0 Å². The third-order valence-corrected chi connectivity index (χ3v) is 9.10. The highest BCUT2D eigenvalue weighted by Gasteiger charge is 2.57. The summed E-state index contributed by atoms with van der Waals surface area (Å²) >= 11 is 0. The van der Waals surface area contributed by atoms with Gasteiger partial charge in [0.2, 0.25) is 5.72 Å². The van der Waals surface area contributed by atoms with E-state index in [9.17, 15) is 4.79 Å². The number of anilines is 1. The van der Waals surface area contributed by atoms with Gasteiger partial charge in [-0.05, 0) is 97.6 Å². The predicted octanol–water partition coefficient (Wildman–Crippen LogP) is 9.45. The van der Waals surface area contributed by atoms with Gasteiger partial charge >= 0.3 is 5.97 Å². The quantitative estimate of drug-likeness (QED) is 0.105. The summed E-state index contributed by atoms with van der Waals surface area (Å²) in [5.74, 6) is 1.72. The Labute approximate surface area is 261 Å². The Morgan fingerprint density at radius 1 is 0.818 bits per heavy atom. The van der Waals surface area contributed by atoms with E-state index in [0.29, 0.717) is 11.3 Å². The lowest BCUT2D eigenvalue weighted by Gasteiger charge is -2.45. The number of benzene rings is 4. The number of likely N-dealkylation sites (N-methyl/N-ethyl adjacent to an activating group) is 1. The highest BCUT2D eigenvalue weighted by Crippen LogP contribution is 2.54. The first-order valence-electron chi connectivity index (χ1n) is 15.7. The molecule has 0 amide bonds. The summed E-state index contributed by atoms with van der Waals surface area (Å²) in [4.78, 5) is 15.2. The molecule has 0 aliphatic carbocycles. The van der Waals surface area contributed by atoms with E-state index in [1.807, 2.05) is 36.4 Å². The highest BCUT2D eigenvalue weighted by molar-refractivity contribution is 5.92. The molecule has 6 rings (SSSR count). The molecular weight excluding hydrogens is 546 g/mol. The SMILES string of the molecule is CCCCCCCOc1ccc(-c2ccc(C(=O)Oc3ccc4c(c3)C=CC3(O4)N(C)c4ccccc4C3(C)C)cc2)cc1. The van der Waals surface area contributed by atoms with Crippen LogP contribution < -0.4 is 19.1 Å². The molecule has 5 heteroatoms. The maximum atomic E-state index is 13.0. The van der Waals surface area contributed by atoms with E-state index in [2.05, 4.69) is 81.3 Å². The molecule has 2 aliphatic heterocycles. The van der Waals surface area contributed by atoms with Crippen molar-refractivity contribution in [3.05, 3.63) is 114 Å². The Morgan fingerprint density at radius 2 is 1.50 bits per heavy atom. The summed E-state index contributed by atoms with van der Waals surface area (Å²) < 4.78 is 18.4. The highest BCUT2D eigenvalue weighted by atomic mass is 16.5. The summed E-state index contributed by atoms with van der Waals surface area (Å²) in [6, 6.07) is 29.6. The fourth-order valence-corrected chi connectivity index (χ4v) is 6.42. The number of para-hydroxylation sites is 1. The van der Waals surface area contributed by atoms with Gasteiger partial charge in [0.25, 0.3) is 0 Å². The average Bonchev–Trinajstić information content (AvgIpc) is 3.21. The average molecular weight is 588 g/mol. The molecular formula is C39H41NO4. The number of rotatable bonds is 10. The molecule has 0 bridgehead atoms. The fourth-order valence-electron chi connectivity index (χ4n) is 6.42. The molecule has 4 aromatic carbocycles. The van der Waals surface area contributed by atoms with Gasteiger partial charge in [-0.15, -0.1) is 0 Å². The zero-order valence-corrected chi connectivity index (χ0v) is 26.1. The minimum atomic E-state index is -0.648. The van der Waals surface area contributed by atoms with E-state index in [1.165, 1.54) is 31.2 Å². The molecule has 1 atom stereocenters. The normalized spacial score (nSPS) is 17.6. The summed E-state index contributed by atoms with van der Waals surface area (Å²) in [5.41, 5.74) is 4.96. The number of carbonyl (C=O) groups excluding carboxylic acids is 1. The van der Waals surface area contributed by atoms with Crippen LogP contribution in [-0.2, 0) is 5.41 Å². The summed E-state index contributed by atoms with van der Waals surface area (Å²) in [5, 5.41) is 0. The molecule has 0 radical (unpaired) electrons. The molecule has 2 heterocycles. The number of nitrogens with zero attached hydrogens (tertiary/aromatic N) is 1. The number of carbonyl (C=O) groups is 1. The molecule has 1 unspecified atom stereocenters. The fraction of sp³-hybridized carbons (Fsp3) is 0.308. The Kier molecular flexibility index (Phi) is 8.22. The zero-order valence-electron chi connectivity index (χ0n) is 26.1. The van der Waals surface area contributed by atoms with Crippen LogP contribution in [0.3, 0.4) is 0 Å². The standard InChI is InChI=1S/C39H41NO4/c1-5-6-7-8-11-26-42-32-20-18-29(19-21-32)28-14-16-30(17-15-28)37(41)43-33-22-23-36-31(27-33)24-25-39(44-36)38(2,3)34-12-9-10-13-35(34)40(39)4/h9-10,12-25,27H,5-8,11,26H2,1-4H3. The van der Waals surface area contributed by atoms with Crippen molar-refractivity contribution in [1.82, 2.24) is 0 Å². The van der Waals surface area contributed by atoms with E-state index in [-0.39, 0.29) is 5.41 Å². The second-order valence-corrected chi connectivity index (χ2v) is 12.3. The van der Waals surface area contributed by atoms with E-state index in [4.69, 9.17) is 14.2 Å². The second kappa shape index (κ2) is 12.2. The van der Waals surface area contributed by atoms with E-state index in [1.54, 1.807) is 18.2 Å². The van der Waals surface area contributed by atoms with Crippen molar-refractivity contribution in [3.8, 4) is 28.4 Å². The monoisotopic (exact) mass is 587 g/mol. The summed E-state index contributed by atoms with van der Waals surface area (Å²) in [7, 11) is 2.07. The van der Waals surface area contributed by atoms with Crippen molar-refractivity contribution in [2.24, 2.45) is 0 Å². The third kappa shape index (κ3) is 5.47. The summed E-state index contributed by atoms with van der Waals surface area (Å²) in [6.07, 6.45) is 10.3. The molecule has 0 aromatic heterocycles. The van der Waals surface area contributed by atoms with Gasteiger partial charge in [0.1, 0.15) is 17.2 Å². The maximum absolute atomic E-state index is 13.0. The number of esters is 1. The van der Waals surface area contributed by atoms with Crippen LogP contribution in [0.5, 0.6) is 17.2 Å². The van der Waals surface area contributed by atoms with Crippen LogP contribution in [0, 0.1) is 0 Å². The van der Waals surface area contributed by atoms with Gasteiger partial charge in [0, 0.05) is 18.3 Å². The van der Waals surface area contributed by atoms with Crippen molar-refractivity contribution in [2.45, 2.75) is 64.0 Å². The van der Waals surface area contributed by atoms with Gasteiger partial charge in [-0.1, -0.05) is 75.1 Å². The van der Waals surface area contributed by atoms with E-state index >= 15 is 0 Å². The molecule has 0 N–H and O–H groups in total. The van der Waals surface area contributed by atoms with Crippen LogP contribution in [0.4, 0.5) is 5.69 Å². The van der Waals surface area contributed by atoms with Crippen LogP contribution >= 0.6 is 0 Å². The Balaban J connectivity index is 1.08. The molecule has 0 saturated carbocycles. The van der Waals surface area contributed by atoms with Gasteiger partial charge < -0.3 is 19.1 Å². The van der Waals surface area contributed by atoms with Crippen molar-refractivity contribution < 1.29 is 19.0 Å². The van der Waals surface area contributed by atoms with Crippen molar-refractivity contribution in [2.75, 3.05) is 18.6 Å². The number of ether oxygens (including phenoxy) is 3. The van der Waals surface area contributed by atoms with Crippen molar-refractivity contribution in [1.29, 1.82) is 0 Å². The van der Waals surface area contributed by atoms with Gasteiger partial charge in [-0.3, -0.25) is 0 Å². The van der Waals surface area contributed by atoms with Crippen molar-refractivity contribution >= 4 is 17.7 Å². The first kappa shape index (κ1) is 29.6. The van der Waals surface area contributed by atoms with Crippen LogP contribution in [0.25, 0.3) is 17.2 Å². The molecule has 0 fully saturated rings. The second-order valence-electron chi connectivity index (χ2n) is 12.3. The Hall–Kier alpha value is -4.51. The largest absolute Gasteiger partial charge is 0.494 e. The lowest BCUT2D eigenvalue weighted by atomic mass is 9.76.